The second-order valence-electron chi connectivity index (χ2n) is 4.87. The Bertz CT molecular complexity index is 939. The van der Waals surface area contributed by atoms with Gasteiger partial charge in [0.1, 0.15) is 0 Å². The second-order valence-corrected chi connectivity index (χ2v) is 7.51. The summed E-state index contributed by atoms with van der Waals surface area (Å²) in [5.74, 6) is 0.550. The van der Waals surface area contributed by atoms with Crippen LogP contribution in [0.1, 0.15) is 5.56 Å². The van der Waals surface area contributed by atoms with Crippen LogP contribution >= 0.6 is 23.2 Å². The number of rotatable bonds is 5. The first-order valence-corrected chi connectivity index (χ1v) is 9.09. The molecule has 0 aliphatic rings. The van der Waals surface area contributed by atoms with Gasteiger partial charge in [-0.2, -0.15) is 5.10 Å². The van der Waals surface area contributed by atoms with Crippen molar-refractivity contribution in [3.05, 3.63) is 70.6 Å². The number of nitrogens with zero attached hydrogens (tertiary/aromatic N) is 3. The van der Waals surface area contributed by atoms with E-state index in [9.17, 15) is 8.42 Å². The minimum Gasteiger partial charge on any atom is -0.237 e. The number of sulfonamides is 1. The molecule has 3 aromatic rings. The van der Waals surface area contributed by atoms with E-state index in [2.05, 4.69) is 14.8 Å². The van der Waals surface area contributed by atoms with Gasteiger partial charge in [0.05, 0.1) is 4.90 Å². The van der Waals surface area contributed by atoms with Crippen LogP contribution in [0.25, 0.3) is 5.82 Å². The molecule has 1 aromatic carbocycles. The maximum absolute atomic E-state index is 12.4. The zero-order valence-corrected chi connectivity index (χ0v) is 14.6. The quantitative estimate of drug-likeness (QED) is 0.735. The van der Waals surface area contributed by atoms with Crippen LogP contribution in [0.2, 0.25) is 10.0 Å². The van der Waals surface area contributed by atoms with Gasteiger partial charge in [0.15, 0.2) is 5.82 Å². The third-order valence-corrected chi connectivity index (χ3v) is 5.01. The molecule has 0 saturated carbocycles. The normalized spacial score (nSPS) is 11.6. The van der Waals surface area contributed by atoms with E-state index in [0.29, 0.717) is 11.4 Å². The molecule has 0 atom stereocenters. The van der Waals surface area contributed by atoms with Crippen molar-refractivity contribution in [1.82, 2.24) is 19.5 Å². The average molecular weight is 383 g/mol. The standard InChI is InChI=1S/C15H12Cl2N4O2S/c16-12-7-13(17)9-14(8-12)24(22,23)20-10-11-3-1-4-18-15(11)21-6-2-5-19-21/h1-9,20H,10H2. The zero-order chi connectivity index (χ0) is 17.2. The summed E-state index contributed by atoms with van der Waals surface area (Å²) in [6.07, 6.45) is 4.97. The van der Waals surface area contributed by atoms with Crippen molar-refractivity contribution in [2.24, 2.45) is 0 Å². The second kappa shape index (κ2) is 6.90. The Labute approximate surface area is 149 Å². The van der Waals surface area contributed by atoms with Gasteiger partial charge in [0.2, 0.25) is 10.0 Å². The first kappa shape index (κ1) is 16.9. The van der Waals surface area contributed by atoms with E-state index < -0.39 is 10.0 Å². The van der Waals surface area contributed by atoms with E-state index in [1.54, 1.807) is 41.5 Å². The molecule has 0 radical (unpaired) electrons. The third kappa shape index (κ3) is 3.76. The molecule has 0 unspecified atom stereocenters. The number of halogens is 2. The Morgan fingerprint density at radius 3 is 2.50 bits per heavy atom. The largest absolute Gasteiger partial charge is 0.240 e. The molecule has 3 rings (SSSR count). The topological polar surface area (TPSA) is 76.9 Å². The van der Waals surface area contributed by atoms with Crippen LogP contribution in [0, 0.1) is 0 Å². The van der Waals surface area contributed by atoms with Crippen LogP contribution < -0.4 is 4.72 Å². The Morgan fingerprint density at radius 2 is 1.83 bits per heavy atom. The molecule has 6 nitrogen and oxygen atoms in total. The van der Waals surface area contributed by atoms with Crippen LogP contribution in [-0.4, -0.2) is 23.2 Å². The van der Waals surface area contributed by atoms with Crippen molar-refractivity contribution >= 4 is 33.2 Å². The zero-order valence-electron chi connectivity index (χ0n) is 12.2. The molecule has 0 aliphatic carbocycles. The summed E-state index contributed by atoms with van der Waals surface area (Å²) in [6, 6.07) is 9.42. The monoisotopic (exact) mass is 382 g/mol. The van der Waals surface area contributed by atoms with Gasteiger partial charge >= 0.3 is 0 Å². The summed E-state index contributed by atoms with van der Waals surface area (Å²) in [4.78, 5) is 4.25. The summed E-state index contributed by atoms with van der Waals surface area (Å²) in [5, 5.41) is 4.62. The predicted molar refractivity (Wildman–Crippen MR) is 91.8 cm³/mol. The van der Waals surface area contributed by atoms with Gasteiger partial charge in [-0.3, -0.25) is 0 Å². The average Bonchev–Trinajstić information content (AvgIpc) is 3.07. The number of aromatic nitrogens is 3. The van der Waals surface area contributed by atoms with Gasteiger partial charge in [-0.25, -0.2) is 22.8 Å². The summed E-state index contributed by atoms with van der Waals surface area (Å²) in [6.45, 7) is 0.0511. The Hall–Kier alpha value is -1.93. The van der Waals surface area contributed by atoms with Crippen molar-refractivity contribution in [2.75, 3.05) is 0 Å². The Kier molecular flexibility index (Phi) is 4.86. The maximum atomic E-state index is 12.4. The summed E-state index contributed by atoms with van der Waals surface area (Å²) < 4.78 is 29.0. The van der Waals surface area contributed by atoms with Crippen LogP contribution in [0.5, 0.6) is 0 Å². The Morgan fingerprint density at radius 1 is 1.08 bits per heavy atom. The van der Waals surface area contributed by atoms with E-state index in [1.807, 2.05) is 0 Å². The van der Waals surface area contributed by atoms with Gasteiger partial charge in [-0.1, -0.05) is 29.3 Å². The van der Waals surface area contributed by atoms with Gasteiger partial charge in [-0.15, -0.1) is 0 Å². The fraction of sp³-hybridized carbons (Fsp3) is 0.0667. The minimum absolute atomic E-state index is 0.00419. The molecule has 2 heterocycles. The summed E-state index contributed by atoms with van der Waals surface area (Å²) >= 11 is 11.7. The van der Waals surface area contributed by atoms with Crippen LogP contribution in [0.3, 0.4) is 0 Å². The Balaban J connectivity index is 1.86. The van der Waals surface area contributed by atoms with E-state index >= 15 is 0 Å². The third-order valence-electron chi connectivity index (χ3n) is 3.19. The number of hydrogen-bond donors (Lipinski definition) is 1. The highest BCUT2D eigenvalue weighted by atomic mass is 35.5. The maximum Gasteiger partial charge on any atom is 0.240 e. The molecule has 9 heteroatoms. The molecule has 0 fully saturated rings. The number of nitrogens with one attached hydrogen (secondary N) is 1. The van der Waals surface area contributed by atoms with E-state index in [4.69, 9.17) is 23.2 Å². The molecule has 0 bridgehead atoms. The van der Waals surface area contributed by atoms with Crippen molar-refractivity contribution in [1.29, 1.82) is 0 Å². The minimum atomic E-state index is -3.77. The number of hydrogen-bond acceptors (Lipinski definition) is 4. The van der Waals surface area contributed by atoms with Crippen LogP contribution in [-0.2, 0) is 16.6 Å². The molecule has 2 aromatic heterocycles. The fourth-order valence-electron chi connectivity index (χ4n) is 2.11. The molecule has 1 N–H and O–H groups in total. The molecule has 0 aliphatic heterocycles. The molecule has 124 valence electrons. The van der Waals surface area contributed by atoms with Crippen molar-refractivity contribution in [2.45, 2.75) is 11.4 Å². The number of benzene rings is 1. The molecule has 0 spiro atoms. The highest BCUT2D eigenvalue weighted by Crippen LogP contribution is 2.22. The van der Waals surface area contributed by atoms with Crippen molar-refractivity contribution in [3.63, 3.8) is 0 Å². The molecular weight excluding hydrogens is 371 g/mol. The summed E-state index contributed by atoms with van der Waals surface area (Å²) in [7, 11) is -3.77. The van der Waals surface area contributed by atoms with Crippen molar-refractivity contribution < 1.29 is 8.42 Å². The van der Waals surface area contributed by atoms with Gasteiger partial charge in [0.25, 0.3) is 0 Å². The number of pyridine rings is 1. The van der Waals surface area contributed by atoms with E-state index in [-0.39, 0.29) is 21.5 Å². The molecular formula is C15H12Cl2N4O2S. The predicted octanol–water partition coefficient (Wildman–Crippen LogP) is 3.05. The van der Waals surface area contributed by atoms with Gasteiger partial charge in [0, 0.05) is 40.7 Å². The fourth-order valence-corrected chi connectivity index (χ4v) is 3.84. The summed E-state index contributed by atoms with van der Waals surface area (Å²) in [5.41, 5.74) is 0.679. The van der Waals surface area contributed by atoms with Gasteiger partial charge in [-0.05, 0) is 30.3 Å². The first-order valence-electron chi connectivity index (χ1n) is 6.85. The van der Waals surface area contributed by atoms with Gasteiger partial charge < -0.3 is 0 Å². The lowest BCUT2D eigenvalue weighted by Gasteiger charge is -2.11. The molecule has 0 amide bonds. The SMILES string of the molecule is O=S(=O)(NCc1cccnc1-n1cccn1)c1cc(Cl)cc(Cl)c1. The van der Waals surface area contributed by atoms with E-state index in [0.717, 1.165) is 0 Å². The van der Waals surface area contributed by atoms with E-state index in [1.165, 1.54) is 18.2 Å². The lowest BCUT2D eigenvalue weighted by Crippen LogP contribution is -2.24. The van der Waals surface area contributed by atoms with Crippen LogP contribution in [0.4, 0.5) is 0 Å². The lowest BCUT2D eigenvalue weighted by molar-refractivity contribution is 0.581. The van der Waals surface area contributed by atoms with Crippen LogP contribution in [0.15, 0.2) is 59.9 Å². The lowest BCUT2D eigenvalue weighted by atomic mass is 10.2. The highest BCUT2D eigenvalue weighted by Gasteiger charge is 2.17. The first-order chi connectivity index (χ1) is 11.5. The molecule has 0 saturated heterocycles. The smallest absolute Gasteiger partial charge is 0.237 e. The highest BCUT2D eigenvalue weighted by molar-refractivity contribution is 7.89. The molecule has 24 heavy (non-hydrogen) atoms. The van der Waals surface area contributed by atoms with Crippen molar-refractivity contribution in [3.8, 4) is 5.82 Å².